The molecule has 0 amide bonds. The van der Waals surface area contributed by atoms with Crippen LogP contribution >= 0.6 is 0 Å². The number of nitrogens with zero attached hydrogens (tertiary/aromatic N) is 6. The van der Waals surface area contributed by atoms with Crippen LogP contribution in [-0.4, -0.2) is 41.7 Å². The van der Waals surface area contributed by atoms with Gasteiger partial charge in [0, 0.05) is 25.0 Å². The first kappa shape index (κ1) is 20.4. The number of esters is 1. The van der Waals surface area contributed by atoms with Gasteiger partial charge in [0.15, 0.2) is 5.65 Å². The van der Waals surface area contributed by atoms with Gasteiger partial charge in [0.1, 0.15) is 11.3 Å². The van der Waals surface area contributed by atoms with Gasteiger partial charge in [-0.1, -0.05) is 13.8 Å². The van der Waals surface area contributed by atoms with Crippen LogP contribution in [-0.2, 0) is 17.8 Å². The molecule has 9 heteroatoms. The molecule has 0 bridgehead atoms. The summed E-state index contributed by atoms with van der Waals surface area (Å²) in [5.41, 5.74) is 3.33. The highest BCUT2D eigenvalue weighted by atomic mass is 16.5. The van der Waals surface area contributed by atoms with Crippen molar-refractivity contribution in [1.82, 2.24) is 28.7 Å². The van der Waals surface area contributed by atoms with Crippen LogP contribution in [0.1, 0.15) is 55.3 Å². The van der Waals surface area contributed by atoms with Crippen molar-refractivity contribution in [3.63, 3.8) is 0 Å². The third kappa shape index (κ3) is 3.47. The van der Waals surface area contributed by atoms with Crippen molar-refractivity contribution in [3.8, 4) is 0 Å². The number of imidazole rings is 2. The first-order chi connectivity index (χ1) is 15.5. The molecule has 0 aliphatic heterocycles. The predicted molar refractivity (Wildman–Crippen MR) is 120 cm³/mol. The van der Waals surface area contributed by atoms with Crippen LogP contribution in [0, 0.1) is 5.92 Å². The van der Waals surface area contributed by atoms with Crippen molar-refractivity contribution in [2.75, 3.05) is 7.11 Å². The van der Waals surface area contributed by atoms with E-state index in [1.54, 1.807) is 23.0 Å². The molecular formula is C23H26N6O3. The molecular weight excluding hydrogens is 408 g/mol. The quantitative estimate of drug-likeness (QED) is 0.415. The molecule has 9 nitrogen and oxygen atoms in total. The molecule has 0 atom stereocenters. The van der Waals surface area contributed by atoms with E-state index in [4.69, 9.17) is 9.72 Å². The molecule has 0 saturated heterocycles. The molecule has 5 rings (SSSR count). The Kier molecular flexibility index (Phi) is 5.03. The standard InChI is InChI=1S/C23H26N6O3/c1-14(2)7-9-27-20(26-17-10-15(22(30)32-3)11-25-21(17)27)13-28-19-12-24-8-6-18(19)29(23(28)31)16-4-5-16/h6,8,10-12,14,16H,4-5,7,9,13H2,1-3H3. The number of ether oxygens (including phenoxy) is 1. The lowest BCUT2D eigenvalue weighted by atomic mass is 10.1. The summed E-state index contributed by atoms with van der Waals surface area (Å²) in [7, 11) is 1.34. The van der Waals surface area contributed by atoms with E-state index in [0.717, 1.165) is 42.7 Å². The summed E-state index contributed by atoms with van der Waals surface area (Å²) < 4.78 is 10.5. The van der Waals surface area contributed by atoms with Crippen molar-refractivity contribution in [3.05, 3.63) is 52.6 Å². The maximum absolute atomic E-state index is 13.3. The summed E-state index contributed by atoms with van der Waals surface area (Å²) >= 11 is 0. The summed E-state index contributed by atoms with van der Waals surface area (Å²) in [6, 6.07) is 3.86. The maximum atomic E-state index is 13.3. The van der Waals surface area contributed by atoms with Crippen LogP contribution in [0.15, 0.2) is 35.5 Å². The zero-order chi connectivity index (χ0) is 22.4. The first-order valence-electron chi connectivity index (χ1n) is 11.0. The molecule has 4 aromatic rings. The molecule has 1 saturated carbocycles. The molecule has 0 spiro atoms. The van der Waals surface area contributed by atoms with Gasteiger partial charge in [-0.15, -0.1) is 0 Å². The summed E-state index contributed by atoms with van der Waals surface area (Å²) in [4.78, 5) is 38.8. The minimum atomic E-state index is -0.451. The van der Waals surface area contributed by atoms with E-state index >= 15 is 0 Å². The van der Waals surface area contributed by atoms with Gasteiger partial charge in [0.2, 0.25) is 0 Å². The third-order valence-corrected chi connectivity index (χ3v) is 5.99. The van der Waals surface area contributed by atoms with E-state index in [9.17, 15) is 9.59 Å². The molecule has 1 aliphatic rings. The van der Waals surface area contributed by atoms with Crippen molar-refractivity contribution in [2.24, 2.45) is 5.92 Å². The highest BCUT2D eigenvalue weighted by Crippen LogP contribution is 2.36. The zero-order valence-corrected chi connectivity index (χ0v) is 18.5. The average Bonchev–Trinajstić information content (AvgIpc) is 3.51. The summed E-state index contributed by atoms with van der Waals surface area (Å²) in [5.74, 6) is 0.779. The number of aromatic nitrogens is 6. The number of hydrogen-bond donors (Lipinski definition) is 0. The normalized spacial score (nSPS) is 14.0. The SMILES string of the molecule is COC(=O)c1cnc2c(c1)nc(Cn1c(=O)n(C3CC3)c3ccncc31)n2CCC(C)C. The Labute approximate surface area is 184 Å². The number of aryl methyl sites for hydroxylation is 1. The smallest absolute Gasteiger partial charge is 0.339 e. The number of carbonyl (C=O) groups is 1. The van der Waals surface area contributed by atoms with Crippen LogP contribution in [0.2, 0.25) is 0 Å². The molecule has 32 heavy (non-hydrogen) atoms. The Morgan fingerprint density at radius 1 is 1.22 bits per heavy atom. The highest BCUT2D eigenvalue weighted by molar-refractivity contribution is 5.92. The number of hydrogen-bond acceptors (Lipinski definition) is 6. The summed E-state index contributed by atoms with van der Waals surface area (Å²) in [6.07, 6.45) is 7.97. The predicted octanol–water partition coefficient (Wildman–Crippen LogP) is 3.16. The van der Waals surface area contributed by atoms with E-state index in [-0.39, 0.29) is 11.7 Å². The molecule has 0 aromatic carbocycles. The lowest BCUT2D eigenvalue weighted by Gasteiger charge is -2.11. The van der Waals surface area contributed by atoms with Crippen molar-refractivity contribution < 1.29 is 9.53 Å². The van der Waals surface area contributed by atoms with Gasteiger partial charge < -0.3 is 9.30 Å². The van der Waals surface area contributed by atoms with Gasteiger partial charge >= 0.3 is 11.7 Å². The lowest BCUT2D eigenvalue weighted by Crippen LogP contribution is -2.25. The molecule has 1 aliphatic carbocycles. The van der Waals surface area contributed by atoms with E-state index in [0.29, 0.717) is 29.2 Å². The number of fused-ring (bicyclic) bond motifs is 2. The van der Waals surface area contributed by atoms with E-state index in [1.165, 1.54) is 13.3 Å². The maximum Gasteiger partial charge on any atom is 0.339 e. The minimum absolute atomic E-state index is 0.0406. The van der Waals surface area contributed by atoms with Crippen LogP contribution in [0.3, 0.4) is 0 Å². The Hall–Kier alpha value is -3.49. The largest absolute Gasteiger partial charge is 0.465 e. The second-order valence-electron chi connectivity index (χ2n) is 8.75. The minimum Gasteiger partial charge on any atom is -0.465 e. The number of pyridine rings is 2. The first-order valence-corrected chi connectivity index (χ1v) is 11.0. The topological polar surface area (TPSA) is 96.8 Å². The molecule has 0 N–H and O–H groups in total. The van der Waals surface area contributed by atoms with Crippen LogP contribution < -0.4 is 5.69 Å². The van der Waals surface area contributed by atoms with Crippen molar-refractivity contribution in [1.29, 1.82) is 0 Å². The van der Waals surface area contributed by atoms with Gasteiger partial charge in [0.25, 0.3) is 0 Å². The summed E-state index contributed by atoms with van der Waals surface area (Å²) in [5, 5.41) is 0. The molecule has 4 heterocycles. The molecule has 1 fully saturated rings. The van der Waals surface area contributed by atoms with Crippen molar-refractivity contribution >= 4 is 28.2 Å². The Bertz CT molecular complexity index is 1380. The van der Waals surface area contributed by atoms with Crippen LogP contribution in [0.25, 0.3) is 22.2 Å². The molecule has 0 unspecified atom stereocenters. The second kappa shape index (κ2) is 7.89. The number of carbonyl (C=O) groups excluding carboxylic acids is 1. The second-order valence-corrected chi connectivity index (χ2v) is 8.75. The van der Waals surface area contributed by atoms with Gasteiger partial charge in [-0.3, -0.25) is 14.1 Å². The zero-order valence-electron chi connectivity index (χ0n) is 18.5. The monoisotopic (exact) mass is 434 g/mol. The molecule has 166 valence electrons. The van der Waals surface area contributed by atoms with Crippen LogP contribution in [0.4, 0.5) is 0 Å². The lowest BCUT2D eigenvalue weighted by molar-refractivity contribution is 0.0600. The molecule has 4 aromatic heterocycles. The van der Waals surface area contributed by atoms with Gasteiger partial charge in [-0.05, 0) is 37.3 Å². The van der Waals surface area contributed by atoms with E-state index in [2.05, 4.69) is 28.4 Å². The fourth-order valence-corrected chi connectivity index (χ4v) is 4.14. The van der Waals surface area contributed by atoms with Gasteiger partial charge in [-0.2, -0.15) is 0 Å². The van der Waals surface area contributed by atoms with Crippen LogP contribution in [0.5, 0.6) is 0 Å². The fourth-order valence-electron chi connectivity index (χ4n) is 4.14. The Morgan fingerprint density at radius 2 is 2.03 bits per heavy atom. The van der Waals surface area contributed by atoms with Gasteiger partial charge in [0.05, 0.1) is 36.4 Å². The number of rotatable bonds is 7. The Balaban J connectivity index is 1.63. The Morgan fingerprint density at radius 3 is 2.75 bits per heavy atom. The average molecular weight is 435 g/mol. The van der Waals surface area contributed by atoms with E-state index < -0.39 is 5.97 Å². The summed E-state index contributed by atoms with van der Waals surface area (Å²) in [6.45, 7) is 5.37. The highest BCUT2D eigenvalue weighted by Gasteiger charge is 2.29. The fraction of sp³-hybridized carbons (Fsp3) is 0.435. The third-order valence-electron chi connectivity index (χ3n) is 5.99. The number of methoxy groups -OCH3 is 1. The van der Waals surface area contributed by atoms with Gasteiger partial charge in [-0.25, -0.2) is 19.6 Å². The molecule has 0 radical (unpaired) electrons. The van der Waals surface area contributed by atoms with Crippen molar-refractivity contribution in [2.45, 2.75) is 52.2 Å². The van der Waals surface area contributed by atoms with E-state index in [1.807, 2.05) is 10.6 Å².